The summed E-state index contributed by atoms with van der Waals surface area (Å²) in [7, 11) is 1.62. The molecule has 1 aliphatic heterocycles. The van der Waals surface area contributed by atoms with Crippen molar-refractivity contribution in [2.75, 3.05) is 26.8 Å². The van der Waals surface area contributed by atoms with Crippen LogP contribution in [-0.2, 0) is 16.1 Å². The van der Waals surface area contributed by atoms with Crippen LogP contribution in [-0.4, -0.2) is 53.3 Å². The number of carbonyl (C=O) groups is 2. The third-order valence-electron chi connectivity index (χ3n) is 3.88. The molecule has 6 nitrogen and oxygen atoms in total. The Hall–Kier alpha value is -1.82. The molecule has 1 atom stereocenters. The van der Waals surface area contributed by atoms with E-state index < -0.39 is 11.9 Å². The predicted molar refractivity (Wildman–Crippen MR) is 72.5 cm³/mol. The van der Waals surface area contributed by atoms with Gasteiger partial charge in [-0.15, -0.1) is 0 Å². The summed E-state index contributed by atoms with van der Waals surface area (Å²) >= 11 is 0. The number of carboxylic acid groups (broad SMARTS) is 1. The molecule has 0 aromatic carbocycles. The third-order valence-corrected chi connectivity index (χ3v) is 3.88. The number of likely N-dealkylation sites (tertiary alicyclic amines) is 1. The minimum Gasteiger partial charge on any atom is -0.481 e. The van der Waals surface area contributed by atoms with Gasteiger partial charge in [-0.1, -0.05) is 6.92 Å². The minimum atomic E-state index is -0.800. The Labute approximate surface area is 117 Å². The molecular weight excluding hydrogens is 260 g/mol. The number of aliphatic carboxylic acids is 1. The molecule has 6 heteroatoms. The van der Waals surface area contributed by atoms with E-state index in [1.165, 1.54) is 0 Å². The lowest BCUT2D eigenvalue weighted by molar-refractivity contribution is -0.144. The van der Waals surface area contributed by atoms with E-state index in [0.717, 1.165) is 0 Å². The molecule has 1 fully saturated rings. The highest BCUT2D eigenvalue weighted by molar-refractivity contribution is 5.93. The molecule has 1 amide bonds. The summed E-state index contributed by atoms with van der Waals surface area (Å²) in [6.07, 6.45) is 1.85. The maximum atomic E-state index is 12.3. The number of carboxylic acids is 1. The monoisotopic (exact) mass is 280 g/mol. The van der Waals surface area contributed by atoms with Crippen LogP contribution in [0.4, 0.5) is 0 Å². The van der Waals surface area contributed by atoms with E-state index in [-0.39, 0.29) is 11.8 Å². The lowest BCUT2D eigenvalue weighted by atomic mass is 9.87. The Morgan fingerprint density at radius 2 is 2.20 bits per heavy atom. The largest absolute Gasteiger partial charge is 0.481 e. The van der Waals surface area contributed by atoms with Crippen molar-refractivity contribution < 1.29 is 19.4 Å². The van der Waals surface area contributed by atoms with Gasteiger partial charge in [-0.05, 0) is 12.1 Å². The standard InChI is InChI=1S/C14H20N2O4/c1-10(14(18)19)11-8-16(9-11)13(17)12-4-3-5-15(12)6-7-20-2/h3-5,10-11H,6-9H2,1-2H3,(H,18,19). The second kappa shape index (κ2) is 6.09. The second-order valence-corrected chi connectivity index (χ2v) is 5.18. The lowest BCUT2D eigenvalue weighted by Gasteiger charge is -2.41. The number of amides is 1. The summed E-state index contributed by atoms with van der Waals surface area (Å²) in [5, 5.41) is 8.95. The zero-order valence-corrected chi connectivity index (χ0v) is 11.8. The number of methoxy groups -OCH3 is 1. The molecule has 0 saturated carbocycles. The molecule has 20 heavy (non-hydrogen) atoms. The Morgan fingerprint density at radius 1 is 1.50 bits per heavy atom. The lowest BCUT2D eigenvalue weighted by Crippen LogP contribution is -2.53. The predicted octanol–water partition coefficient (Wildman–Crippen LogP) is 0.927. The molecule has 2 rings (SSSR count). The van der Waals surface area contributed by atoms with Crippen LogP contribution in [0.15, 0.2) is 18.3 Å². The van der Waals surface area contributed by atoms with Gasteiger partial charge in [-0.2, -0.15) is 0 Å². The van der Waals surface area contributed by atoms with Gasteiger partial charge in [0.15, 0.2) is 0 Å². The Bertz CT molecular complexity index is 491. The van der Waals surface area contributed by atoms with Crippen LogP contribution >= 0.6 is 0 Å². The van der Waals surface area contributed by atoms with Crippen LogP contribution in [0.3, 0.4) is 0 Å². The number of hydrogen-bond acceptors (Lipinski definition) is 3. The quantitative estimate of drug-likeness (QED) is 0.841. The molecule has 0 radical (unpaired) electrons. The van der Waals surface area contributed by atoms with Crippen molar-refractivity contribution in [3.8, 4) is 0 Å². The average Bonchev–Trinajstić information content (AvgIpc) is 2.82. The zero-order valence-electron chi connectivity index (χ0n) is 11.8. The van der Waals surface area contributed by atoms with Crippen LogP contribution < -0.4 is 0 Å². The smallest absolute Gasteiger partial charge is 0.306 e. The molecule has 0 bridgehead atoms. The highest BCUT2D eigenvalue weighted by Gasteiger charge is 2.37. The van der Waals surface area contributed by atoms with E-state index in [2.05, 4.69) is 0 Å². The molecule has 2 heterocycles. The van der Waals surface area contributed by atoms with Crippen LogP contribution in [0.2, 0.25) is 0 Å². The zero-order chi connectivity index (χ0) is 14.7. The minimum absolute atomic E-state index is 0.0417. The molecule has 1 aromatic heterocycles. The molecule has 1 saturated heterocycles. The fourth-order valence-corrected chi connectivity index (χ4v) is 2.35. The third kappa shape index (κ3) is 2.85. The first-order valence-corrected chi connectivity index (χ1v) is 6.70. The number of rotatable bonds is 6. The number of hydrogen-bond donors (Lipinski definition) is 1. The molecule has 1 N–H and O–H groups in total. The highest BCUT2D eigenvalue weighted by Crippen LogP contribution is 2.25. The van der Waals surface area contributed by atoms with Gasteiger partial charge in [0.05, 0.1) is 12.5 Å². The summed E-state index contributed by atoms with van der Waals surface area (Å²) in [5.74, 6) is -1.19. The summed E-state index contributed by atoms with van der Waals surface area (Å²) in [5.41, 5.74) is 0.628. The van der Waals surface area contributed by atoms with Crippen LogP contribution in [0.25, 0.3) is 0 Å². The molecule has 1 unspecified atom stereocenters. The Balaban J connectivity index is 1.94. The van der Waals surface area contributed by atoms with E-state index in [0.29, 0.717) is 31.9 Å². The summed E-state index contributed by atoms with van der Waals surface area (Å²) in [4.78, 5) is 24.9. The van der Waals surface area contributed by atoms with E-state index in [1.54, 1.807) is 25.0 Å². The van der Waals surface area contributed by atoms with E-state index in [4.69, 9.17) is 9.84 Å². The van der Waals surface area contributed by atoms with E-state index in [1.807, 2.05) is 16.8 Å². The topological polar surface area (TPSA) is 71.8 Å². The highest BCUT2D eigenvalue weighted by atomic mass is 16.5. The van der Waals surface area contributed by atoms with Crippen molar-refractivity contribution in [3.63, 3.8) is 0 Å². The van der Waals surface area contributed by atoms with Gasteiger partial charge < -0.3 is 19.3 Å². The number of aromatic nitrogens is 1. The average molecular weight is 280 g/mol. The van der Waals surface area contributed by atoms with Gasteiger partial charge in [0.2, 0.25) is 0 Å². The van der Waals surface area contributed by atoms with E-state index in [9.17, 15) is 9.59 Å². The van der Waals surface area contributed by atoms with Gasteiger partial charge in [-0.3, -0.25) is 9.59 Å². The van der Waals surface area contributed by atoms with Gasteiger partial charge in [-0.25, -0.2) is 0 Å². The fourth-order valence-electron chi connectivity index (χ4n) is 2.35. The van der Waals surface area contributed by atoms with Crippen LogP contribution in [0.5, 0.6) is 0 Å². The summed E-state index contributed by atoms with van der Waals surface area (Å²) in [6.45, 7) is 3.90. The molecule has 1 aromatic rings. The first kappa shape index (κ1) is 14.6. The van der Waals surface area contributed by atoms with Crippen LogP contribution in [0, 0.1) is 11.8 Å². The van der Waals surface area contributed by atoms with Gasteiger partial charge in [0, 0.05) is 38.9 Å². The molecular formula is C14H20N2O4. The van der Waals surface area contributed by atoms with Gasteiger partial charge in [0.25, 0.3) is 5.91 Å². The summed E-state index contributed by atoms with van der Waals surface area (Å²) in [6, 6.07) is 3.62. The first-order valence-electron chi connectivity index (χ1n) is 6.70. The Morgan fingerprint density at radius 3 is 2.80 bits per heavy atom. The maximum Gasteiger partial charge on any atom is 0.306 e. The van der Waals surface area contributed by atoms with Crippen molar-refractivity contribution in [2.45, 2.75) is 13.5 Å². The fraction of sp³-hybridized carbons (Fsp3) is 0.571. The Kier molecular flexibility index (Phi) is 4.44. The second-order valence-electron chi connectivity index (χ2n) is 5.18. The van der Waals surface area contributed by atoms with Gasteiger partial charge in [0.1, 0.15) is 5.69 Å². The van der Waals surface area contributed by atoms with Crippen molar-refractivity contribution >= 4 is 11.9 Å². The number of nitrogens with zero attached hydrogens (tertiary/aromatic N) is 2. The van der Waals surface area contributed by atoms with Crippen molar-refractivity contribution in [2.24, 2.45) is 11.8 Å². The normalized spacial score (nSPS) is 16.8. The van der Waals surface area contributed by atoms with Crippen LogP contribution in [0.1, 0.15) is 17.4 Å². The molecule has 0 spiro atoms. The molecule has 110 valence electrons. The molecule has 1 aliphatic rings. The van der Waals surface area contributed by atoms with Crippen molar-refractivity contribution in [3.05, 3.63) is 24.0 Å². The SMILES string of the molecule is COCCn1cccc1C(=O)N1CC(C(C)C(=O)O)C1. The van der Waals surface area contributed by atoms with Crippen molar-refractivity contribution in [1.29, 1.82) is 0 Å². The molecule has 0 aliphatic carbocycles. The van der Waals surface area contributed by atoms with E-state index >= 15 is 0 Å². The van der Waals surface area contributed by atoms with Gasteiger partial charge >= 0.3 is 5.97 Å². The van der Waals surface area contributed by atoms with Crippen molar-refractivity contribution in [1.82, 2.24) is 9.47 Å². The maximum absolute atomic E-state index is 12.3. The first-order chi connectivity index (χ1) is 9.54. The number of carbonyl (C=O) groups excluding carboxylic acids is 1. The number of ether oxygens (including phenoxy) is 1. The summed E-state index contributed by atoms with van der Waals surface area (Å²) < 4.78 is 6.88.